The van der Waals surface area contributed by atoms with Gasteiger partial charge in [-0.05, 0) is 56.8 Å². The lowest BCUT2D eigenvalue weighted by atomic mass is 10.1. The number of likely N-dealkylation sites (N-methyl/N-ethyl adjacent to an activating group) is 1. The van der Waals surface area contributed by atoms with E-state index in [4.69, 9.17) is 14.5 Å². The van der Waals surface area contributed by atoms with Crippen molar-refractivity contribution < 1.29 is 9.47 Å². The van der Waals surface area contributed by atoms with Gasteiger partial charge in [0.1, 0.15) is 11.5 Å². The molecule has 2 N–H and O–H groups in total. The highest BCUT2D eigenvalue weighted by Gasteiger charge is 2.15. The highest BCUT2D eigenvalue weighted by molar-refractivity contribution is 14.0. The second-order valence-corrected chi connectivity index (χ2v) is 6.96. The van der Waals surface area contributed by atoms with Gasteiger partial charge in [0.2, 0.25) is 0 Å². The van der Waals surface area contributed by atoms with Gasteiger partial charge in [-0.3, -0.25) is 4.99 Å². The minimum absolute atomic E-state index is 0. The molecule has 2 aromatic carbocycles. The fraction of sp³-hybridized carbons (Fsp3) is 0.435. The zero-order valence-corrected chi connectivity index (χ0v) is 21.0. The first-order chi connectivity index (χ1) is 14.1. The summed E-state index contributed by atoms with van der Waals surface area (Å²) in [7, 11) is 7.54. The Balaban J connectivity index is 0.00000450. The van der Waals surface area contributed by atoms with Crippen molar-refractivity contribution in [3.05, 3.63) is 59.7 Å². The molecule has 0 spiro atoms. The Morgan fingerprint density at radius 2 is 1.80 bits per heavy atom. The van der Waals surface area contributed by atoms with Crippen molar-refractivity contribution in [2.45, 2.75) is 19.4 Å². The summed E-state index contributed by atoms with van der Waals surface area (Å²) in [4.78, 5) is 7.00. The summed E-state index contributed by atoms with van der Waals surface area (Å²) >= 11 is 0. The van der Waals surface area contributed by atoms with Crippen LogP contribution in [0.2, 0.25) is 0 Å². The van der Waals surface area contributed by atoms with E-state index in [1.807, 2.05) is 30.3 Å². The van der Waals surface area contributed by atoms with E-state index in [0.717, 1.165) is 37.0 Å². The quantitative estimate of drug-likeness (QED) is 0.281. The minimum atomic E-state index is 0. The van der Waals surface area contributed by atoms with Crippen LogP contribution in [0.3, 0.4) is 0 Å². The average molecular weight is 526 g/mol. The van der Waals surface area contributed by atoms with Crippen LogP contribution in [0.5, 0.6) is 11.5 Å². The predicted octanol–water partition coefficient (Wildman–Crippen LogP) is 3.72. The van der Waals surface area contributed by atoms with Crippen LogP contribution in [0.1, 0.15) is 24.1 Å². The number of hydrogen-bond acceptors (Lipinski definition) is 4. The molecule has 2 rings (SSSR count). The number of halogens is 1. The first kappa shape index (κ1) is 26.0. The van der Waals surface area contributed by atoms with Crippen LogP contribution in [-0.4, -0.2) is 58.8 Å². The molecule has 0 aliphatic carbocycles. The Hall–Kier alpha value is -2.00. The molecule has 0 radical (unpaired) electrons. The zero-order chi connectivity index (χ0) is 21.1. The van der Waals surface area contributed by atoms with E-state index in [-0.39, 0.29) is 30.0 Å². The van der Waals surface area contributed by atoms with Crippen molar-refractivity contribution in [3.8, 4) is 11.5 Å². The lowest BCUT2D eigenvalue weighted by Gasteiger charge is -2.24. The van der Waals surface area contributed by atoms with Gasteiger partial charge in [-0.15, -0.1) is 24.0 Å². The van der Waals surface area contributed by atoms with E-state index in [9.17, 15) is 0 Å². The fourth-order valence-electron chi connectivity index (χ4n) is 3.16. The molecule has 0 bridgehead atoms. The number of nitrogens with one attached hydrogen (secondary N) is 2. The van der Waals surface area contributed by atoms with Crippen molar-refractivity contribution in [2.24, 2.45) is 4.99 Å². The van der Waals surface area contributed by atoms with Crippen molar-refractivity contribution in [2.75, 3.05) is 47.9 Å². The molecule has 0 fully saturated rings. The van der Waals surface area contributed by atoms with Gasteiger partial charge < -0.3 is 25.0 Å². The standard InChI is InChI=1S/C23H34N4O2.HI/c1-6-24-23(25-15-14-18-10-7-8-13-22(18)29-5)26-17-21(27(2)3)19-11-9-12-20(16-19)28-4;/h7-13,16,21H,6,14-15,17H2,1-5H3,(H2,24,25,26);1H. The second kappa shape index (κ2) is 14.1. The molecular weight excluding hydrogens is 491 g/mol. The smallest absolute Gasteiger partial charge is 0.191 e. The van der Waals surface area contributed by atoms with Crippen LogP contribution >= 0.6 is 24.0 Å². The number of hydrogen-bond donors (Lipinski definition) is 2. The maximum atomic E-state index is 5.43. The lowest BCUT2D eigenvalue weighted by Crippen LogP contribution is -2.39. The molecule has 0 saturated carbocycles. The zero-order valence-electron chi connectivity index (χ0n) is 18.6. The molecule has 6 nitrogen and oxygen atoms in total. The van der Waals surface area contributed by atoms with Crippen LogP contribution in [-0.2, 0) is 6.42 Å². The van der Waals surface area contributed by atoms with Crippen LogP contribution in [0.15, 0.2) is 53.5 Å². The van der Waals surface area contributed by atoms with Gasteiger partial charge in [-0.25, -0.2) is 0 Å². The predicted molar refractivity (Wildman–Crippen MR) is 136 cm³/mol. The summed E-state index contributed by atoms with van der Waals surface area (Å²) in [5.74, 6) is 2.60. The SMILES string of the molecule is CCNC(=NCC(c1cccc(OC)c1)N(C)C)NCCc1ccccc1OC.I. The summed E-state index contributed by atoms with van der Waals surface area (Å²) in [5.41, 5.74) is 2.36. The van der Waals surface area contributed by atoms with E-state index < -0.39 is 0 Å². The monoisotopic (exact) mass is 526 g/mol. The molecule has 166 valence electrons. The van der Waals surface area contributed by atoms with Crippen LogP contribution < -0.4 is 20.1 Å². The van der Waals surface area contributed by atoms with Gasteiger partial charge in [0.15, 0.2) is 5.96 Å². The summed E-state index contributed by atoms with van der Waals surface area (Å²) in [6.45, 7) is 4.30. The molecule has 0 heterocycles. The van der Waals surface area contributed by atoms with E-state index in [0.29, 0.717) is 6.54 Å². The third kappa shape index (κ3) is 8.02. The van der Waals surface area contributed by atoms with Crippen molar-refractivity contribution in [3.63, 3.8) is 0 Å². The number of nitrogens with zero attached hydrogens (tertiary/aromatic N) is 2. The van der Waals surface area contributed by atoms with Crippen molar-refractivity contribution in [1.82, 2.24) is 15.5 Å². The summed E-state index contributed by atoms with van der Waals surface area (Å²) < 4.78 is 10.8. The largest absolute Gasteiger partial charge is 0.497 e. The third-order valence-electron chi connectivity index (χ3n) is 4.75. The van der Waals surface area contributed by atoms with Crippen LogP contribution in [0.25, 0.3) is 0 Å². The average Bonchev–Trinajstić information content (AvgIpc) is 2.74. The molecule has 7 heteroatoms. The van der Waals surface area contributed by atoms with Gasteiger partial charge in [0, 0.05) is 13.1 Å². The molecule has 0 aliphatic rings. The van der Waals surface area contributed by atoms with Gasteiger partial charge >= 0.3 is 0 Å². The Labute approximate surface area is 198 Å². The third-order valence-corrected chi connectivity index (χ3v) is 4.75. The fourth-order valence-corrected chi connectivity index (χ4v) is 3.16. The van der Waals surface area contributed by atoms with Gasteiger partial charge in [-0.1, -0.05) is 30.3 Å². The minimum Gasteiger partial charge on any atom is -0.497 e. The lowest BCUT2D eigenvalue weighted by molar-refractivity contribution is 0.305. The van der Waals surface area contributed by atoms with E-state index in [1.165, 1.54) is 11.1 Å². The first-order valence-corrected chi connectivity index (χ1v) is 10.0. The van der Waals surface area contributed by atoms with Crippen molar-refractivity contribution in [1.29, 1.82) is 0 Å². The maximum Gasteiger partial charge on any atom is 0.191 e. The highest BCUT2D eigenvalue weighted by Crippen LogP contribution is 2.23. The van der Waals surface area contributed by atoms with Gasteiger partial charge in [-0.2, -0.15) is 0 Å². The van der Waals surface area contributed by atoms with Gasteiger partial charge in [0.05, 0.1) is 26.8 Å². The number of ether oxygens (including phenoxy) is 2. The Morgan fingerprint density at radius 3 is 2.47 bits per heavy atom. The number of methoxy groups -OCH3 is 2. The van der Waals surface area contributed by atoms with Crippen LogP contribution in [0, 0.1) is 0 Å². The maximum absolute atomic E-state index is 5.43. The number of rotatable bonds is 10. The molecule has 1 unspecified atom stereocenters. The topological polar surface area (TPSA) is 58.1 Å². The van der Waals surface area contributed by atoms with E-state index in [1.54, 1.807) is 14.2 Å². The molecular formula is C23H35IN4O2. The summed E-state index contributed by atoms with van der Waals surface area (Å²) in [6.07, 6.45) is 0.863. The Bertz CT molecular complexity index is 783. The Kier molecular flexibility index (Phi) is 12.2. The number of benzene rings is 2. The second-order valence-electron chi connectivity index (χ2n) is 6.96. The van der Waals surface area contributed by atoms with Crippen LogP contribution in [0.4, 0.5) is 0 Å². The molecule has 0 saturated heterocycles. The van der Waals surface area contributed by atoms with Crippen molar-refractivity contribution >= 4 is 29.9 Å². The normalized spacial score (nSPS) is 12.1. The highest BCUT2D eigenvalue weighted by atomic mass is 127. The summed E-state index contributed by atoms with van der Waals surface area (Å²) in [5, 5.41) is 6.76. The summed E-state index contributed by atoms with van der Waals surface area (Å²) in [6, 6.07) is 16.4. The number of para-hydroxylation sites is 1. The molecule has 0 aromatic heterocycles. The Morgan fingerprint density at radius 1 is 1.03 bits per heavy atom. The number of guanidine groups is 1. The molecule has 1 atom stereocenters. The molecule has 0 aliphatic heterocycles. The first-order valence-electron chi connectivity index (χ1n) is 10.0. The molecule has 0 amide bonds. The van der Waals surface area contributed by atoms with E-state index in [2.05, 4.69) is 54.8 Å². The number of aliphatic imine (C=N–C) groups is 1. The molecule has 2 aromatic rings. The van der Waals surface area contributed by atoms with E-state index >= 15 is 0 Å². The molecule has 30 heavy (non-hydrogen) atoms. The van der Waals surface area contributed by atoms with Gasteiger partial charge in [0.25, 0.3) is 0 Å².